The molecule has 3 N–H and O–H groups in total. The molecule has 2 aromatic rings. The zero-order chi connectivity index (χ0) is 16.9. The average molecular weight is 328 g/mol. The van der Waals surface area contributed by atoms with Crippen LogP contribution < -0.4 is 10.6 Å². The Labute approximate surface area is 141 Å². The molecule has 6 nitrogen and oxygen atoms in total. The van der Waals surface area contributed by atoms with Crippen molar-refractivity contribution in [2.24, 2.45) is 13.0 Å². The summed E-state index contributed by atoms with van der Waals surface area (Å²) in [7, 11) is 1.79. The minimum absolute atomic E-state index is 0.142. The molecule has 0 aliphatic heterocycles. The summed E-state index contributed by atoms with van der Waals surface area (Å²) in [5, 5.41) is 19.9. The molecule has 6 heteroatoms. The predicted molar refractivity (Wildman–Crippen MR) is 91.4 cm³/mol. The van der Waals surface area contributed by atoms with Crippen LogP contribution in [-0.4, -0.2) is 33.5 Å². The number of amides is 2. The Morgan fingerprint density at radius 2 is 2.12 bits per heavy atom. The van der Waals surface area contributed by atoms with Gasteiger partial charge in [-0.25, -0.2) is 4.79 Å². The van der Waals surface area contributed by atoms with Crippen LogP contribution in [0.4, 0.5) is 4.79 Å². The number of nitrogens with one attached hydrogen (secondary N) is 2. The molecular formula is C18H24N4O2. The minimum Gasteiger partial charge on any atom is -0.386 e. The molecule has 24 heavy (non-hydrogen) atoms. The first-order valence-electron chi connectivity index (χ1n) is 8.36. The van der Waals surface area contributed by atoms with E-state index in [0.717, 1.165) is 19.3 Å². The monoisotopic (exact) mass is 328 g/mol. The fraction of sp³-hybridized carbons (Fsp3) is 0.444. The molecule has 1 aromatic carbocycles. The van der Waals surface area contributed by atoms with Crippen LogP contribution in [0.5, 0.6) is 0 Å². The highest BCUT2D eigenvalue weighted by molar-refractivity contribution is 5.74. The van der Waals surface area contributed by atoms with Gasteiger partial charge in [0.2, 0.25) is 0 Å². The second-order valence-electron chi connectivity index (χ2n) is 6.45. The van der Waals surface area contributed by atoms with Gasteiger partial charge in [-0.05, 0) is 30.7 Å². The van der Waals surface area contributed by atoms with Crippen molar-refractivity contribution in [1.29, 1.82) is 0 Å². The van der Waals surface area contributed by atoms with E-state index in [2.05, 4.69) is 27.9 Å². The van der Waals surface area contributed by atoms with E-state index in [1.807, 2.05) is 18.2 Å². The second kappa shape index (κ2) is 7.49. The fourth-order valence-electron chi connectivity index (χ4n) is 2.84. The molecule has 0 saturated heterocycles. The lowest BCUT2D eigenvalue weighted by Crippen LogP contribution is -2.45. The first-order valence-corrected chi connectivity index (χ1v) is 8.36. The third kappa shape index (κ3) is 4.58. The maximum absolute atomic E-state index is 12.2. The van der Waals surface area contributed by atoms with Gasteiger partial charge in [0.05, 0.1) is 12.3 Å². The first-order chi connectivity index (χ1) is 11.6. The standard InChI is InChI=1S/C18H24N4O2/c1-22-12-15(10-20-22)17(23)11-19-18(24)21-16(14-7-8-14)9-13-5-3-2-4-6-13/h2-6,10,12,14,16-17,23H,7-9,11H2,1H3,(H2,19,21,24)/t16-,17-/m1/s1. The molecule has 1 fully saturated rings. The van der Waals surface area contributed by atoms with Crippen LogP contribution in [0.3, 0.4) is 0 Å². The molecule has 0 unspecified atom stereocenters. The molecular weight excluding hydrogens is 304 g/mol. The Kier molecular flexibility index (Phi) is 5.15. The molecule has 3 rings (SSSR count). The van der Waals surface area contributed by atoms with E-state index in [-0.39, 0.29) is 18.6 Å². The minimum atomic E-state index is -0.752. The molecule has 1 aliphatic carbocycles. The molecule has 1 aliphatic rings. The van der Waals surface area contributed by atoms with Crippen molar-refractivity contribution in [2.45, 2.75) is 31.4 Å². The van der Waals surface area contributed by atoms with Crippen molar-refractivity contribution < 1.29 is 9.90 Å². The zero-order valence-electron chi connectivity index (χ0n) is 13.9. The van der Waals surface area contributed by atoms with Crippen LogP contribution in [-0.2, 0) is 13.5 Å². The van der Waals surface area contributed by atoms with E-state index in [0.29, 0.717) is 11.5 Å². The smallest absolute Gasteiger partial charge is 0.315 e. The van der Waals surface area contributed by atoms with Gasteiger partial charge in [0.15, 0.2) is 0 Å². The average Bonchev–Trinajstić information content (AvgIpc) is 3.34. The molecule has 0 bridgehead atoms. The molecule has 0 spiro atoms. The SMILES string of the molecule is Cn1cc([C@H](O)CNC(=O)N[C@H](Cc2ccccc2)C2CC2)cn1. The number of hydrogen-bond acceptors (Lipinski definition) is 3. The summed E-state index contributed by atoms with van der Waals surface area (Å²) >= 11 is 0. The quantitative estimate of drug-likeness (QED) is 0.725. The number of aryl methyl sites for hydroxylation is 1. The number of carbonyl (C=O) groups excluding carboxylic acids is 1. The number of urea groups is 1. The molecule has 2 atom stereocenters. The normalized spacial score (nSPS) is 16.4. The van der Waals surface area contributed by atoms with E-state index < -0.39 is 6.10 Å². The van der Waals surface area contributed by atoms with Gasteiger partial charge in [0, 0.05) is 31.4 Å². The van der Waals surface area contributed by atoms with Gasteiger partial charge in [-0.2, -0.15) is 5.10 Å². The molecule has 2 amide bonds. The lowest BCUT2D eigenvalue weighted by Gasteiger charge is -2.19. The predicted octanol–water partition coefficient (Wildman–Crippen LogP) is 1.77. The van der Waals surface area contributed by atoms with E-state index in [4.69, 9.17) is 0 Å². The van der Waals surface area contributed by atoms with Gasteiger partial charge in [-0.1, -0.05) is 30.3 Å². The van der Waals surface area contributed by atoms with Crippen LogP contribution >= 0.6 is 0 Å². The third-order valence-electron chi connectivity index (χ3n) is 4.37. The molecule has 0 radical (unpaired) electrons. The Bertz CT molecular complexity index is 667. The highest BCUT2D eigenvalue weighted by Crippen LogP contribution is 2.34. The summed E-state index contributed by atoms with van der Waals surface area (Å²) in [5.41, 5.74) is 1.92. The number of hydrogen-bond donors (Lipinski definition) is 3. The Balaban J connectivity index is 1.49. The van der Waals surface area contributed by atoms with E-state index in [1.165, 1.54) is 5.56 Å². The first kappa shape index (κ1) is 16.5. The third-order valence-corrected chi connectivity index (χ3v) is 4.37. The summed E-state index contributed by atoms with van der Waals surface area (Å²) in [4.78, 5) is 12.2. The highest BCUT2D eigenvalue weighted by Gasteiger charge is 2.32. The Morgan fingerprint density at radius 1 is 1.38 bits per heavy atom. The van der Waals surface area contributed by atoms with Crippen molar-refractivity contribution in [3.05, 3.63) is 53.9 Å². The number of aliphatic hydroxyl groups is 1. The van der Waals surface area contributed by atoms with E-state index >= 15 is 0 Å². The number of rotatable bonds is 7. The topological polar surface area (TPSA) is 79.2 Å². The maximum atomic E-state index is 12.2. The number of aromatic nitrogens is 2. The molecule has 1 heterocycles. The van der Waals surface area contributed by atoms with E-state index in [9.17, 15) is 9.90 Å². The molecule has 1 saturated carbocycles. The van der Waals surface area contributed by atoms with Crippen LogP contribution in [0.2, 0.25) is 0 Å². The number of aliphatic hydroxyl groups excluding tert-OH is 1. The van der Waals surface area contributed by atoms with E-state index in [1.54, 1.807) is 24.1 Å². The molecule has 128 valence electrons. The van der Waals surface area contributed by atoms with Gasteiger partial charge < -0.3 is 15.7 Å². The van der Waals surface area contributed by atoms with Crippen molar-refractivity contribution in [2.75, 3.05) is 6.54 Å². The Hall–Kier alpha value is -2.34. The number of nitrogens with zero attached hydrogens (tertiary/aromatic N) is 2. The Morgan fingerprint density at radius 3 is 2.75 bits per heavy atom. The van der Waals surface area contributed by atoms with Gasteiger partial charge in [-0.15, -0.1) is 0 Å². The second-order valence-corrected chi connectivity index (χ2v) is 6.45. The lowest BCUT2D eigenvalue weighted by molar-refractivity contribution is 0.172. The summed E-state index contributed by atoms with van der Waals surface area (Å²) in [6.45, 7) is 0.167. The number of benzene rings is 1. The summed E-state index contributed by atoms with van der Waals surface area (Å²) in [6.07, 6.45) is 5.76. The van der Waals surface area contributed by atoms with Crippen LogP contribution in [0.15, 0.2) is 42.7 Å². The highest BCUT2D eigenvalue weighted by atomic mass is 16.3. The van der Waals surface area contributed by atoms with Crippen LogP contribution in [0.25, 0.3) is 0 Å². The lowest BCUT2D eigenvalue weighted by atomic mass is 10.0. The van der Waals surface area contributed by atoms with Crippen molar-refractivity contribution in [3.8, 4) is 0 Å². The maximum Gasteiger partial charge on any atom is 0.315 e. The van der Waals surface area contributed by atoms with Crippen molar-refractivity contribution >= 4 is 6.03 Å². The van der Waals surface area contributed by atoms with Gasteiger partial charge in [0.1, 0.15) is 0 Å². The van der Waals surface area contributed by atoms with Gasteiger partial charge >= 0.3 is 6.03 Å². The van der Waals surface area contributed by atoms with Gasteiger partial charge in [0.25, 0.3) is 0 Å². The van der Waals surface area contributed by atoms with Crippen LogP contribution in [0, 0.1) is 5.92 Å². The number of carbonyl (C=O) groups is 1. The van der Waals surface area contributed by atoms with Crippen molar-refractivity contribution in [1.82, 2.24) is 20.4 Å². The van der Waals surface area contributed by atoms with Crippen molar-refractivity contribution in [3.63, 3.8) is 0 Å². The zero-order valence-corrected chi connectivity index (χ0v) is 13.9. The largest absolute Gasteiger partial charge is 0.386 e. The summed E-state index contributed by atoms with van der Waals surface area (Å²) in [6, 6.07) is 10.1. The summed E-state index contributed by atoms with van der Waals surface area (Å²) in [5.74, 6) is 0.555. The molecule has 1 aromatic heterocycles. The summed E-state index contributed by atoms with van der Waals surface area (Å²) < 4.78 is 1.63. The van der Waals surface area contributed by atoms with Gasteiger partial charge in [-0.3, -0.25) is 4.68 Å². The van der Waals surface area contributed by atoms with Crippen LogP contribution in [0.1, 0.15) is 30.1 Å². The fourth-order valence-corrected chi connectivity index (χ4v) is 2.84.